The minimum Gasteiger partial charge on any atom is -0.273 e. The first-order chi connectivity index (χ1) is 26.2. The summed E-state index contributed by atoms with van der Waals surface area (Å²) in [6, 6.07) is 36.2. The molecule has 0 bridgehead atoms. The van der Waals surface area contributed by atoms with E-state index in [2.05, 4.69) is 192 Å². The summed E-state index contributed by atoms with van der Waals surface area (Å²) in [5.74, 6) is 0. The number of benzene rings is 4. The predicted molar refractivity (Wildman–Crippen MR) is 253 cm³/mol. The molecule has 0 aromatic heterocycles. The van der Waals surface area contributed by atoms with Crippen molar-refractivity contribution >= 4 is 31.3 Å². The van der Waals surface area contributed by atoms with Crippen LogP contribution in [0.2, 0.25) is 0 Å². The van der Waals surface area contributed by atoms with Crippen LogP contribution in [0.15, 0.2) is 121 Å². The number of fused-ring (bicyclic) bond motifs is 6. The Kier molecular flexibility index (Phi) is 23.2. The number of hydrogen-bond donors (Lipinski definition) is 0. The molecule has 4 aliphatic carbocycles. The second kappa shape index (κ2) is 25.0. The Bertz CT molecular complexity index is 1730. The van der Waals surface area contributed by atoms with Crippen LogP contribution in [0.4, 0.5) is 0 Å². The van der Waals surface area contributed by atoms with Crippen LogP contribution in [0.1, 0.15) is 118 Å². The SMILES string of the molecule is CC(C)(C)[C](=[Hf+2])C(C)(C)C.CC(C)(C)[C](=[Hf+2])C(C)(C)C.Cl.Cl.[C-]1=CC=CC1.[C-]1=CC=CC1.[c-]1cccc2c1Cc1ccccc1-2.[c-]1cccc2c1Cc1ccccc1-2. The molecule has 0 N–H and O–H groups in total. The summed E-state index contributed by atoms with van der Waals surface area (Å²) in [5, 5.41) is 0. The van der Waals surface area contributed by atoms with Crippen molar-refractivity contribution in [3.63, 3.8) is 0 Å². The van der Waals surface area contributed by atoms with Crippen molar-refractivity contribution < 1.29 is 47.8 Å². The van der Waals surface area contributed by atoms with E-state index < -0.39 is 0 Å². The van der Waals surface area contributed by atoms with Gasteiger partial charge in [-0.2, -0.15) is 71.8 Å². The molecule has 0 saturated heterocycles. The summed E-state index contributed by atoms with van der Waals surface area (Å²) >= 11 is 2.45. The molecule has 4 aromatic carbocycles. The summed E-state index contributed by atoms with van der Waals surface area (Å²) < 4.78 is 3.42. The van der Waals surface area contributed by atoms with E-state index in [1.165, 1.54) is 92.3 Å². The van der Waals surface area contributed by atoms with E-state index in [9.17, 15) is 0 Å². The Balaban J connectivity index is 0.000000357. The molecule has 58 heavy (non-hydrogen) atoms. The van der Waals surface area contributed by atoms with Gasteiger partial charge in [0.25, 0.3) is 0 Å². The molecule has 0 radical (unpaired) electrons. The van der Waals surface area contributed by atoms with Gasteiger partial charge in [-0.3, -0.25) is 12.2 Å². The number of halogens is 2. The van der Waals surface area contributed by atoms with Crippen molar-refractivity contribution in [2.75, 3.05) is 0 Å². The Morgan fingerprint density at radius 1 is 0.448 bits per heavy atom. The van der Waals surface area contributed by atoms with Gasteiger partial charge in [0.2, 0.25) is 0 Å². The maximum atomic E-state index is 3.30. The van der Waals surface area contributed by atoms with Crippen LogP contribution in [0, 0.1) is 45.9 Å². The summed E-state index contributed by atoms with van der Waals surface area (Å²) in [7, 11) is 0. The van der Waals surface area contributed by atoms with Crippen molar-refractivity contribution in [3.05, 3.63) is 168 Å². The van der Waals surface area contributed by atoms with Gasteiger partial charge in [-0.05, 0) is 12.8 Å². The second-order valence-electron chi connectivity index (χ2n) is 18.5. The first-order valence-corrected chi connectivity index (χ1v) is 23.6. The van der Waals surface area contributed by atoms with Crippen molar-refractivity contribution in [2.45, 2.75) is 109 Å². The Morgan fingerprint density at radius 3 is 1.00 bits per heavy atom. The van der Waals surface area contributed by atoms with Gasteiger partial charge < -0.3 is 0 Å². The van der Waals surface area contributed by atoms with E-state index in [-0.39, 0.29) is 24.8 Å². The molecule has 4 aromatic rings. The summed E-state index contributed by atoms with van der Waals surface area (Å²) in [6.07, 6.45) is 22.1. The minimum atomic E-state index is 0. The maximum Gasteiger partial charge on any atom is -0.0253 e. The van der Waals surface area contributed by atoms with E-state index in [1.807, 2.05) is 36.4 Å². The zero-order valence-electron chi connectivity index (χ0n) is 37.2. The van der Waals surface area contributed by atoms with Crippen LogP contribution in [0.5, 0.6) is 0 Å². The fraction of sp³-hybridized carbons (Fsp3) is 0.370. The average molecular weight is 1140 g/mol. The average Bonchev–Trinajstić information content (AvgIpc) is 3.99. The molecule has 4 heteroatoms. The molecule has 4 aliphatic rings. The van der Waals surface area contributed by atoms with E-state index in [1.54, 1.807) is 6.51 Å². The number of hydrogen-bond acceptors (Lipinski definition) is 0. The molecular formula is C54H66Cl2Hf2. The fourth-order valence-corrected chi connectivity index (χ4v) is 6.93. The third-order valence-corrected chi connectivity index (χ3v) is 20.2. The van der Waals surface area contributed by atoms with Gasteiger partial charge in [0, 0.05) is 0 Å². The molecular weight excluding hydrogens is 1080 g/mol. The zero-order valence-corrected chi connectivity index (χ0v) is 46.0. The van der Waals surface area contributed by atoms with Crippen molar-refractivity contribution in [3.8, 4) is 22.3 Å². The summed E-state index contributed by atoms with van der Waals surface area (Å²) in [4.78, 5) is 0. The molecule has 0 heterocycles. The van der Waals surface area contributed by atoms with Crippen LogP contribution < -0.4 is 0 Å². The third-order valence-electron chi connectivity index (χ3n) is 9.40. The maximum absolute atomic E-state index is 3.30. The molecule has 0 unspecified atom stereocenters. The van der Waals surface area contributed by atoms with Crippen LogP contribution >= 0.6 is 24.8 Å². The zero-order chi connectivity index (χ0) is 41.6. The fourth-order valence-electron chi connectivity index (χ4n) is 6.93. The van der Waals surface area contributed by atoms with Crippen molar-refractivity contribution in [2.24, 2.45) is 21.7 Å². The molecule has 0 saturated carbocycles. The third kappa shape index (κ3) is 17.9. The number of allylic oxidation sites excluding steroid dienone is 8. The molecule has 0 amide bonds. The molecule has 0 fully saturated rings. The van der Waals surface area contributed by atoms with E-state index in [4.69, 9.17) is 0 Å². The Morgan fingerprint density at radius 2 is 0.759 bits per heavy atom. The number of rotatable bonds is 0. The van der Waals surface area contributed by atoms with E-state index in [0.29, 0.717) is 21.7 Å². The van der Waals surface area contributed by atoms with Gasteiger partial charge in [0.05, 0.1) is 0 Å². The molecule has 0 spiro atoms. The standard InChI is InChI=1S/2C13H9.2C9H18.2C5H5.2ClH.2Hf/c2*1-3-7-12-10(5-1)9-11-6-2-4-8-13(11)12;2*1-8(2,3)7-9(4,5)6;2*1-2-4-5-3-1;;;;/h2*1-5,7-8H,9H2;2*1-6H3;2*1-3H,4H2;2*1H;;/q2*-1;;;2*-1;;;2*+2. The second-order valence-corrected chi connectivity index (χ2v) is 22.1. The molecule has 304 valence electrons. The summed E-state index contributed by atoms with van der Waals surface area (Å²) in [6.45, 7) is 27.7. The van der Waals surface area contributed by atoms with E-state index in [0.717, 1.165) is 25.7 Å². The van der Waals surface area contributed by atoms with Gasteiger partial charge >= 0.3 is 159 Å². The minimum absolute atomic E-state index is 0. The van der Waals surface area contributed by atoms with Gasteiger partial charge in [0.1, 0.15) is 0 Å². The van der Waals surface area contributed by atoms with Crippen molar-refractivity contribution in [1.82, 2.24) is 0 Å². The van der Waals surface area contributed by atoms with Crippen LogP contribution in [-0.4, -0.2) is 6.51 Å². The largest absolute Gasteiger partial charge is 0.273 e. The monoisotopic (exact) mass is 1140 g/mol. The Hall–Kier alpha value is -2.10. The molecule has 0 atom stereocenters. The molecule has 0 nitrogen and oxygen atoms in total. The smallest absolute Gasteiger partial charge is 0.0253 e. The van der Waals surface area contributed by atoms with Gasteiger partial charge in [-0.25, -0.2) is 24.3 Å². The predicted octanol–water partition coefficient (Wildman–Crippen LogP) is 15.2. The van der Waals surface area contributed by atoms with Gasteiger partial charge in [0.15, 0.2) is 0 Å². The van der Waals surface area contributed by atoms with E-state index >= 15 is 0 Å². The first kappa shape index (κ1) is 53.9. The quantitative estimate of drug-likeness (QED) is 0.105. The topological polar surface area (TPSA) is 0 Å². The summed E-state index contributed by atoms with van der Waals surface area (Å²) in [5.41, 5.74) is 12.7. The van der Waals surface area contributed by atoms with Crippen LogP contribution in [0.3, 0.4) is 0 Å². The van der Waals surface area contributed by atoms with Crippen LogP contribution in [-0.2, 0) is 60.6 Å². The Labute approximate surface area is 396 Å². The molecule has 0 aliphatic heterocycles. The van der Waals surface area contributed by atoms with Crippen molar-refractivity contribution in [1.29, 1.82) is 0 Å². The first-order valence-electron chi connectivity index (χ1n) is 20.0. The van der Waals surface area contributed by atoms with Crippen LogP contribution in [0.25, 0.3) is 22.3 Å². The van der Waals surface area contributed by atoms with Gasteiger partial charge in [-0.15, -0.1) is 48.8 Å². The van der Waals surface area contributed by atoms with Gasteiger partial charge in [-0.1, -0.05) is 70.8 Å². The molecule has 8 rings (SSSR count). The normalized spacial score (nSPS) is 13.2.